The van der Waals surface area contributed by atoms with Crippen molar-refractivity contribution < 1.29 is 42.7 Å². The number of amides is 6. The van der Waals surface area contributed by atoms with Crippen molar-refractivity contribution in [1.29, 1.82) is 0 Å². The average Bonchev–Trinajstić information content (AvgIpc) is 3.84. The van der Waals surface area contributed by atoms with Gasteiger partial charge in [-0.05, 0) is 82.1 Å². The zero-order valence-electron chi connectivity index (χ0n) is 30.5. The molecule has 15 heteroatoms. The molecule has 4 fully saturated rings. The number of ether oxygens (including phenoxy) is 1. The fourth-order valence-electron chi connectivity index (χ4n) is 7.59. The summed E-state index contributed by atoms with van der Waals surface area (Å²) in [5.41, 5.74) is 0.418. The Balaban J connectivity index is 1.45. The first-order chi connectivity index (χ1) is 25.5. The van der Waals surface area contributed by atoms with Crippen LogP contribution in [0.1, 0.15) is 83.6 Å². The molecule has 1 aromatic carbocycles. The van der Waals surface area contributed by atoms with E-state index in [2.05, 4.69) is 16.0 Å². The molecule has 4 saturated heterocycles. The maximum atomic E-state index is 14.4. The number of cyclic esters (lactones) is 1. The second-order valence-corrected chi connectivity index (χ2v) is 14.3. The number of carbonyl (C=O) groups excluding carboxylic acids is 7. The predicted octanol–water partition coefficient (Wildman–Crippen LogP) is 1.51. The lowest BCUT2D eigenvalue weighted by atomic mass is 9.99. The molecule has 4 aliphatic rings. The number of rotatable bonds is 9. The number of esters is 1. The molecule has 0 aromatic heterocycles. The molecule has 0 radical (unpaired) electrons. The Morgan fingerprint density at radius 3 is 2.34 bits per heavy atom. The highest BCUT2D eigenvalue weighted by Gasteiger charge is 2.45. The van der Waals surface area contributed by atoms with Gasteiger partial charge in [0.2, 0.25) is 35.4 Å². The van der Waals surface area contributed by atoms with Crippen LogP contribution in [-0.2, 0) is 44.7 Å². The monoisotopic (exact) mass is 738 g/mol. The summed E-state index contributed by atoms with van der Waals surface area (Å²) in [5.74, 6) is -4.67. The molecule has 53 heavy (non-hydrogen) atoms. The van der Waals surface area contributed by atoms with Crippen LogP contribution in [0, 0.1) is 5.82 Å². The smallest absolute Gasteiger partial charge is 0.328 e. The molecule has 6 atom stereocenters. The third-order valence-electron chi connectivity index (χ3n) is 10.4. The molecule has 0 bridgehead atoms. The van der Waals surface area contributed by atoms with Gasteiger partial charge in [0.15, 0.2) is 0 Å². The summed E-state index contributed by atoms with van der Waals surface area (Å²) in [6, 6.07) is -0.834. The van der Waals surface area contributed by atoms with Gasteiger partial charge in [-0.3, -0.25) is 28.8 Å². The largest absolute Gasteiger partial charge is 0.461 e. The number of hydrogen-bond acceptors (Lipinski definition) is 8. The Morgan fingerprint density at radius 1 is 0.925 bits per heavy atom. The number of hydrogen-bond donors (Lipinski definition) is 3. The topological polar surface area (TPSA) is 175 Å². The van der Waals surface area contributed by atoms with Gasteiger partial charge in [0.05, 0.1) is 0 Å². The summed E-state index contributed by atoms with van der Waals surface area (Å²) in [5, 5.41) is 8.09. The van der Waals surface area contributed by atoms with Crippen LogP contribution < -0.4 is 16.0 Å². The minimum Gasteiger partial charge on any atom is -0.461 e. The van der Waals surface area contributed by atoms with E-state index in [0.29, 0.717) is 63.5 Å². The predicted molar refractivity (Wildman–Crippen MR) is 190 cm³/mol. The van der Waals surface area contributed by atoms with Gasteiger partial charge in [0, 0.05) is 26.1 Å². The van der Waals surface area contributed by atoms with Crippen molar-refractivity contribution in [3.8, 4) is 0 Å². The number of benzene rings is 1. The molecular formula is C38H51FN6O8. The number of nitrogens with one attached hydrogen (secondary N) is 3. The Labute approximate surface area is 309 Å². The summed E-state index contributed by atoms with van der Waals surface area (Å²) < 4.78 is 19.8. The van der Waals surface area contributed by atoms with Crippen LogP contribution in [0.4, 0.5) is 4.39 Å². The lowest BCUT2D eigenvalue weighted by Gasteiger charge is -2.39. The van der Waals surface area contributed by atoms with Gasteiger partial charge in [0.1, 0.15) is 48.7 Å². The van der Waals surface area contributed by atoms with Crippen molar-refractivity contribution in [1.82, 2.24) is 30.7 Å². The highest BCUT2D eigenvalue weighted by molar-refractivity contribution is 5.98. The second kappa shape index (κ2) is 18.3. The molecule has 3 N–H and O–H groups in total. The Hall–Kier alpha value is -4.82. The zero-order chi connectivity index (χ0) is 38.1. The minimum atomic E-state index is -1.47. The van der Waals surface area contributed by atoms with Gasteiger partial charge in [0.25, 0.3) is 0 Å². The Bertz CT molecular complexity index is 1590. The highest BCUT2D eigenvalue weighted by atomic mass is 19.1. The van der Waals surface area contributed by atoms with E-state index in [9.17, 15) is 38.0 Å². The minimum absolute atomic E-state index is 0.112. The molecule has 14 nitrogen and oxygen atoms in total. The summed E-state index contributed by atoms with van der Waals surface area (Å²) in [6.07, 6.45) is 8.76. The maximum Gasteiger partial charge on any atom is 0.328 e. The summed E-state index contributed by atoms with van der Waals surface area (Å²) in [6.45, 7) is 3.71. The van der Waals surface area contributed by atoms with Crippen molar-refractivity contribution in [2.45, 2.75) is 121 Å². The van der Waals surface area contributed by atoms with E-state index in [1.165, 1.54) is 39.0 Å². The summed E-state index contributed by atoms with van der Waals surface area (Å²) in [4.78, 5) is 100. The average molecular weight is 739 g/mol. The van der Waals surface area contributed by atoms with Gasteiger partial charge >= 0.3 is 5.97 Å². The van der Waals surface area contributed by atoms with Gasteiger partial charge < -0.3 is 35.4 Å². The van der Waals surface area contributed by atoms with Crippen molar-refractivity contribution in [3.05, 3.63) is 47.8 Å². The van der Waals surface area contributed by atoms with Gasteiger partial charge in [-0.25, -0.2) is 9.18 Å². The second-order valence-electron chi connectivity index (χ2n) is 14.3. The standard InChI is InChI=1S/C38H51FN6O8/c1-3-4-5-6-17-32(46)41-27(22-25-12-9-13-26(39)21-25)33(47)42-28-23-53-38(52)31-16-11-20-45(31)35(49)24(2)40-34(48)29-14-7-8-18-43(29)37(51)30-15-10-19-44(30)36(28)50/h6,9,12-13,17,21,24,27-31H,3-5,7-8,10-11,14-16,18-20,22-23H2,1-2H3,(H,40,48)(H,41,46)(H,42,47)/b17-6+/t24-,27-,28+,29-,30-,31-/m0/s1. The normalized spacial score (nSPS) is 26.4. The van der Waals surface area contributed by atoms with Crippen LogP contribution in [-0.4, -0.2) is 119 Å². The van der Waals surface area contributed by atoms with Crippen LogP contribution in [0.3, 0.4) is 0 Å². The van der Waals surface area contributed by atoms with E-state index in [1.807, 2.05) is 6.92 Å². The fourth-order valence-corrected chi connectivity index (χ4v) is 7.59. The maximum absolute atomic E-state index is 14.4. The van der Waals surface area contributed by atoms with Crippen LogP contribution in [0.5, 0.6) is 0 Å². The molecule has 1 aromatic rings. The van der Waals surface area contributed by atoms with E-state index in [0.717, 1.165) is 12.8 Å². The highest BCUT2D eigenvalue weighted by Crippen LogP contribution is 2.26. The quantitative estimate of drug-likeness (QED) is 0.194. The van der Waals surface area contributed by atoms with E-state index >= 15 is 0 Å². The van der Waals surface area contributed by atoms with Crippen molar-refractivity contribution in [2.75, 3.05) is 26.2 Å². The lowest BCUT2D eigenvalue weighted by molar-refractivity contribution is -0.158. The number of halogens is 1. The zero-order valence-corrected chi connectivity index (χ0v) is 30.5. The van der Waals surface area contributed by atoms with Gasteiger partial charge in [-0.1, -0.05) is 38.0 Å². The molecule has 0 spiro atoms. The first-order valence-corrected chi connectivity index (χ1v) is 18.9. The third-order valence-corrected chi connectivity index (χ3v) is 10.4. The third kappa shape index (κ3) is 9.79. The Kier molecular flexibility index (Phi) is 13.6. The first-order valence-electron chi connectivity index (χ1n) is 18.9. The molecule has 288 valence electrons. The molecule has 0 unspecified atom stereocenters. The fraction of sp³-hybridized carbons (Fsp3) is 0.605. The van der Waals surface area contributed by atoms with E-state index in [1.54, 1.807) is 19.1 Å². The van der Waals surface area contributed by atoms with Crippen LogP contribution in [0.15, 0.2) is 36.4 Å². The molecule has 4 heterocycles. The number of piperidine rings is 1. The van der Waals surface area contributed by atoms with Crippen molar-refractivity contribution in [2.24, 2.45) is 0 Å². The molecule has 0 aliphatic carbocycles. The molecule has 4 aliphatic heterocycles. The van der Waals surface area contributed by atoms with Gasteiger partial charge in [-0.15, -0.1) is 0 Å². The van der Waals surface area contributed by atoms with Crippen LogP contribution >= 0.6 is 0 Å². The Morgan fingerprint density at radius 2 is 1.60 bits per heavy atom. The van der Waals surface area contributed by atoms with Gasteiger partial charge in [-0.2, -0.15) is 0 Å². The van der Waals surface area contributed by atoms with E-state index < -0.39 is 90.1 Å². The molecule has 6 amide bonds. The summed E-state index contributed by atoms with van der Waals surface area (Å²) >= 11 is 0. The number of nitrogens with zero attached hydrogens (tertiary/aromatic N) is 3. The SMILES string of the molecule is CCCC/C=C/C(=O)N[C@@H](Cc1cccc(F)c1)C(=O)N[C@@H]1COC(=O)[C@@H]2CCCN2C(=O)[C@H](C)NC(=O)[C@@H]2CCCCN2C(=O)[C@@H]2CCCN2C1=O. The van der Waals surface area contributed by atoms with Crippen molar-refractivity contribution >= 4 is 41.4 Å². The lowest BCUT2D eigenvalue weighted by Crippen LogP contribution is -2.62. The first kappa shape index (κ1) is 39.4. The summed E-state index contributed by atoms with van der Waals surface area (Å²) in [7, 11) is 0. The number of unbranched alkanes of at least 4 members (excludes halogenated alkanes) is 2. The molecular weight excluding hydrogens is 687 g/mol. The van der Waals surface area contributed by atoms with Crippen LogP contribution in [0.25, 0.3) is 0 Å². The van der Waals surface area contributed by atoms with E-state index in [4.69, 9.17) is 4.74 Å². The molecule has 0 saturated carbocycles. The van der Waals surface area contributed by atoms with Crippen molar-refractivity contribution in [3.63, 3.8) is 0 Å². The van der Waals surface area contributed by atoms with Crippen LogP contribution in [0.2, 0.25) is 0 Å². The molecule has 5 rings (SSSR count). The number of carbonyl (C=O) groups is 7. The van der Waals surface area contributed by atoms with E-state index in [-0.39, 0.29) is 19.5 Å². The number of allylic oxidation sites excluding steroid dienone is 1. The number of fused-ring (bicyclic) bond motifs is 3.